The van der Waals surface area contributed by atoms with Crippen molar-refractivity contribution in [3.63, 3.8) is 0 Å². The maximum absolute atomic E-state index is 12.9. The Morgan fingerprint density at radius 3 is 2.47 bits per heavy atom. The maximum Gasteiger partial charge on any atom is 0.419 e. The lowest BCUT2D eigenvalue weighted by Gasteiger charge is -2.39. The van der Waals surface area contributed by atoms with E-state index in [4.69, 9.17) is 0 Å². The quantitative estimate of drug-likeness (QED) is 0.890. The van der Waals surface area contributed by atoms with E-state index < -0.39 is 11.7 Å². The van der Waals surface area contributed by atoms with Crippen molar-refractivity contribution in [2.75, 3.05) is 5.43 Å². The van der Waals surface area contributed by atoms with Gasteiger partial charge in [0.2, 0.25) is 0 Å². The molecule has 1 aliphatic rings. The van der Waals surface area contributed by atoms with Crippen LogP contribution in [-0.4, -0.2) is 22.1 Å². The second-order valence-corrected chi connectivity index (χ2v) is 5.05. The van der Waals surface area contributed by atoms with Crippen LogP contribution in [-0.2, 0) is 6.18 Å². The van der Waals surface area contributed by atoms with Crippen molar-refractivity contribution in [1.82, 2.24) is 9.99 Å². The molecule has 3 nitrogen and oxygen atoms in total. The summed E-state index contributed by atoms with van der Waals surface area (Å²) in [6.07, 6.45) is 0.0433. The number of alkyl halides is 3. The first-order valence-corrected chi connectivity index (χ1v) is 6.47. The lowest BCUT2D eigenvalue weighted by Crippen LogP contribution is -2.47. The molecule has 0 spiro atoms. The van der Waals surface area contributed by atoms with Gasteiger partial charge in [0.25, 0.3) is 0 Å². The molecule has 1 aliphatic heterocycles. The van der Waals surface area contributed by atoms with Crippen molar-refractivity contribution in [1.29, 1.82) is 0 Å². The Hall–Kier alpha value is -1.30. The first-order chi connectivity index (χ1) is 8.89. The normalized spacial score (nSPS) is 25.3. The summed E-state index contributed by atoms with van der Waals surface area (Å²) in [4.78, 5) is 3.84. The van der Waals surface area contributed by atoms with Crippen LogP contribution in [0, 0.1) is 0 Å². The molecule has 6 heteroatoms. The molecule has 2 unspecified atom stereocenters. The van der Waals surface area contributed by atoms with Crippen LogP contribution in [0.2, 0.25) is 0 Å². The molecular weight excluding hydrogens is 255 g/mol. The highest BCUT2D eigenvalue weighted by atomic mass is 19.4. The van der Waals surface area contributed by atoms with Gasteiger partial charge >= 0.3 is 6.18 Å². The number of halogens is 3. The van der Waals surface area contributed by atoms with E-state index >= 15 is 0 Å². The molecule has 0 amide bonds. The fourth-order valence-electron chi connectivity index (χ4n) is 2.49. The molecule has 0 aliphatic carbocycles. The van der Waals surface area contributed by atoms with Crippen LogP contribution < -0.4 is 5.43 Å². The third-order valence-corrected chi connectivity index (χ3v) is 3.54. The van der Waals surface area contributed by atoms with Crippen molar-refractivity contribution in [3.8, 4) is 0 Å². The Labute approximate surface area is 110 Å². The van der Waals surface area contributed by atoms with Crippen LogP contribution in [0.4, 0.5) is 19.0 Å². The average molecular weight is 273 g/mol. The Kier molecular flexibility index (Phi) is 3.99. The first-order valence-electron chi connectivity index (χ1n) is 6.47. The smallest absolute Gasteiger partial charge is 0.302 e. The second-order valence-electron chi connectivity index (χ2n) is 5.05. The molecular formula is C13H18F3N3. The van der Waals surface area contributed by atoms with Gasteiger partial charge in [0.05, 0.1) is 5.56 Å². The topological polar surface area (TPSA) is 28.2 Å². The number of nitrogens with one attached hydrogen (secondary N) is 1. The van der Waals surface area contributed by atoms with Crippen LogP contribution >= 0.6 is 0 Å². The standard InChI is InChI=1S/C13H18F3N3/c1-9-5-3-6-10(2)19(9)18-12-11(13(14,15)16)7-4-8-17-12/h4,7-10H,3,5-6H2,1-2H3,(H,17,18). The average Bonchev–Trinajstić information content (AvgIpc) is 2.33. The maximum atomic E-state index is 12.9. The highest BCUT2D eigenvalue weighted by molar-refractivity contribution is 5.44. The van der Waals surface area contributed by atoms with Crippen molar-refractivity contribution < 1.29 is 13.2 Å². The molecule has 1 saturated heterocycles. The summed E-state index contributed by atoms with van der Waals surface area (Å²) in [7, 11) is 0. The van der Waals surface area contributed by atoms with Gasteiger partial charge in [0, 0.05) is 18.3 Å². The van der Waals surface area contributed by atoms with Crippen molar-refractivity contribution in [2.24, 2.45) is 0 Å². The molecule has 1 fully saturated rings. The molecule has 1 N–H and O–H groups in total. The Morgan fingerprint density at radius 1 is 1.26 bits per heavy atom. The molecule has 2 heterocycles. The molecule has 19 heavy (non-hydrogen) atoms. The van der Waals surface area contributed by atoms with E-state index in [0.29, 0.717) is 0 Å². The molecule has 1 aromatic heterocycles. The van der Waals surface area contributed by atoms with Crippen LogP contribution in [0.3, 0.4) is 0 Å². The lowest BCUT2D eigenvalue weighted by atomic mass is 10.00. The van der Waals surface area contributed by atoms with Gasteiger partial charge in [-0.2, -0.15) is 13.2 Å². The van der Waals surface area contributed by atoms with Crippen molar-refractivity contribution in [2.45, 2.75) is 51.4 Å². The van der Waals surface area contributed by atoms with Gasteiger partial charge in [-0.05, 0) is 38.8 Å². The predicted molar refractivity (Wildman–Crippen MR) is 67.5 cm³/mol. The minimum Gasteiger partial charge on any atom is -0.302 e. The van der Waals surface area contributed by atoms with Gasteiger partial charge in [-0.25, -0.2) is 9.99 Å². The zero-order valence-electron chi connectivity index (χ0n) is 11.0. The molecule has 2 atom stereocenters. The van der Waals surface area contributed by atoms with Crippen LogP contribution in [0.1, 0.15) is 38.7 Å². The van der Waals surface area contributed by atoms with E-state index in [9.17, 15) is 13.2 Å². The molecule has 1 aromatic rings. The van der Waals surface area contributed by atoms with E-state index in [0.717, 1.165) is 25.3 Å². The molecule has 2 rings (SSSR count). The Morgan fingerprint density at radius 2 is 1.89 bits per heavy atom. The summed E-state index contributed by atoms with van der Waals surface area (Å²) in [5.74, 6) is -0.115. The number of piperidine rings is 1. The summed E-state index contributed by atoms with van der Waals surface area (Å²) in [6, 6.07) is 2.75. The van der Waals surface area contributed by atoms with E-state index in [-0.39, 0.29) is 17.9 Å². The number of hydrogen-bond acceptors (Lipinski definition) is 3. The van der Waals surface area contributed by atoms with Crippen LogP contribution in [0.15, 0.2) is 18.3 Å². The molecule has 0 bridgehead atoms. The number of hydrazine groups is 1. The summed E-state index contributed by atoms with van der Waals surface area (Å²) in [6.45, 7) is 4.03. The lowest BCUT2D eigenvalue weighted by molar-refractivity contribution is -0.137. The highest BCUT2D eigenvalue weighted by Crippen LogP contribution is 2.34. The summed E-state index contributed by atoms with van der Waals surface area (Å²) >= 11 is 0. The second kappa shape index (κ2) is 5.36. The van der Waals surface area contributed by atoms with Crippen LogP contribution in [0.5, 0.6) is 0 Å². The van der Waals surface area contributed by atoms with Gasteiger partial charge in [-0.3, -0.25) is 0 Å². The zero-order valence-corrected chi connectivity index (χ0v) is 11.0. The van der Waals surface area contributed by atoms with E-state index in [1.807, 2.05) is 18.9 Å². The molecule has 0 saturated carbocycles. The summed E-state index contributed by atoms with van der Waals surface area (Å²) in [5, 5.41) is 1.88. The molecule has 106 valence electrons. The zero-order chi connectivity index (χ0) is 14.0. The monoisotopic (exact) mass is 273 g/mol. The van der Waals surface area contributed by atoms with Gasteiger partial charge in [0.1, 0.15) is 0 Å². The number of aromatic nitrogens is 1. The fourth-order valence-corrected chi connectivity index (χ4v) is 2.49. The van der Waals surface area contributed by atoms with Gasteiger partial charge < -0.3 is 5.43 Å². The first kappa shape index (κ1) is 14.1. The van der Waals surface area contributed by atoms with Gasteiger partial charge in [0.15, 0.2) is 5.82 Å². The van der Waals surface area contributed by atoms with Crippen molar-refractivity contribution >= 4 is 5.82 Å². The van der Waals surface area contributed by atoms with Gasteiger partial charge in [-0.15, -0.1) is 0 Å². The fraction of sp³-hybridized carbons (Fsp3) is 0.615. The largest absolute Gasteiger partial charge is 0.419 e. The number of pyridine rings is 1. The van der Waals surface area contributed by atoms with Crippen molar-refractivity contribution in [3.05, 3.63) is 23.9 Å². The Bertz CT molecular complexity index is 423. The van der Waals surface area contributed by atoms with E-state index in [2.05, 4.69) is 10.4 Å². The van der Waals surface area contributed by atoms with E-state index in [1.54, 1.807) is 0 Å². The SMILES string of the molecule is CC1CCCC(C)N1Nc1ncccc1C(F)(F)F. The minimum atomic E-state index is -4.39. The van der Waals surface area contributed by atoms with Gasteiger partial charge in [-0.1, -0.05) is 6.42 Å². The number of anilines is 1. The number of hydrogen-bond donors (Lipinski definition) is 1. The third-order valence-electron chi connectivity index (χ3n) is 3.54. The Balaban J connectivity index is 2.23. The predicted octanol–water partition coefficient (Wildman–Crippen LogP) is 3.69. The molecule has 0 aromatic carbocycles. The van der Waals surface area contributed by atoms with E-state index in [1.165, 1.54) is 12.3 Å². The number of nitrogens with zero attached hydrogens (tertiary/aromatic N) is 2. The number of rotatable bonds is 2. The third kappa shape index (κ3) is 3.18. The molecule has 0 radical (unpaired) electrons. The van der Waals surface area contributed by atoms with Crippen LogP contribution in [0.25, 0.3) is 0 Å². The minimum absolute atomic E-state index is 0.115. The highest BCUT2D eigenvalue weighted by Gasteiger charge is 2.35. The summed E-state index contributed by atoms with van der Waals surface area (Å²) in [5.41, 5.74) is 2.14. The summed E-state index contributed by atoms with van der Waals surface area (Å²) < 4.78 is 38.7.